The third-order valence-corrected chi connectivity index (χ3v) is 5.33. The Morgan fingerprint density at radius 3 is 2.62 bits per heavy atom. The van der Waals surface area contributed by atoms with E-state index in [0.717, 1.165) is 0 Å². The molecule has 1 fully saturated rings. The summed E-state index contributed by atoms with van der Waals surface area (Å²) < 4.78 is 4.67. The number of ether oxygens (including phenoxy) is 1. The number of hydrogen-bond acceptors (Lipinski definition) is 4. The molecule has 1 aromatic rings. The minimum Gasteiger partial charge on any atom is -0.465 e. The van der Waals surface area contributed by atoms with Crippen LogP contribution in [0.5, 0.6) is 0 Å². The summed E-state index contributed by atoms with van der Waals surface area (Å²) in [5.41, 5.74) is 1.93. The molecule has 0 saturated carbocycles. The van der Waals surface area contributed by atoms with Crippen LogP contribution in [0.2, 0.25) is 0 Å². The van der Waals surface area contributed by atoms with Crippen LogP contribution >= 0.6 is 23.5 Å². The maximum atomic E-state index is 11.3. The zero-order valence-electron chi connectivity index (χ0n) is 9.14. The molecular formula is C12H14O2S2. The van der Waals surface area contributed by atoms with Gasteiger partial charge in [-0.2, -0.15) is 23.5 Å². The van der Waals surface area contributed by atoms with Crippen LogP contribution in [0.25, 0.3) is 0 Å². The number of thioether (sulfide) groups is 2. The molecule has 1 unspecified atom stereocenters. The van der Waals surface area contributed by atoms with Crippen LogP contribution in [0.4, 0.5) is 0 Å². The second kappa shape index (κ2) is 5.64. The largest absolute Gasteiger partial charge is 0.465 e. The van der Waals surface area contributed by atoms with Crippen molar-refractivity contribution in [3.8, 4) is 0 Å². The smallest absolute Gasteiger partial charge is 0.337 e. The monoisotopic (exact) mass is 254 g/mol. The first-order chi connectivity index (χ1) is 7.81. The minimum absolute atomic E-state index is 0.266. The van der Waals surface area contributed by atoms with E-state index in [4.69, 9.17) is 0 Å². The maximum absolute atomic E-state index is 11.3. The maximum Gasteiger partial charge on any atom is 0.337 e. The first kappa shape index (κ1) is 11.9. The van der Waals surface area contributed by atoms with Crippen LogP contribution in [-0.4, -0.2) is 30.3 Å². The van der Waals surface area contributed by atoms with Gasteiger partial charge in [-0.25, -0.2) is 4.79 Å². The Morgan fingerprint density at radius 1 is 1.31 bits per heavy atom. The van der Waals surface area contributed by atoms with Gasteiger partial charge in [-0.05, 0) is 17.7 Å². The summed E-state index contributed by atoms with van der Waals surface area (Å²) in [7, 11) is 1.41. The van der Waals surface area contributed by atoms with Gasteiger partial charge in [0.15, 0.2) is 0 Å². The van der Waals surface area contributed by atoms with E-state index in [1.54, 1.807) is 0 Å². The van der Waals surface area contributed by atoms with Gasteiger partial charge in [-0.3, -0.25) is 0 Å². The van der Waals surface area contributed by atoms with E-state index in [1.807, 2.05) is 47.8 Å². The van der Waals surface area contributed by atoms with Gasteiger partial charge in [0.2, 0.25) is 0 Å². The van der Waals surface area contributed by atoms with Gasteiger partial charge in [-0.15, -0.1) is 0 Å². The topological polar surface area (TPSA) is 26.3 Å². The van der Waals surface area contributed by atoms with E-state index in [2.05, 4.69) is 4.74 Å². The van der Waals surface area contributed by atoms with Gasteiger partial charge in [0.05, 0.1) is 12.7 Å². The summed E-state index contributed by atoms with van der Waals surface area (Å²) in [5, 5.41) is 0.574. The fraction of sp³-hybridized carbons (Fsp3) is 0.417. The van der Waals surface area contributed by atoms with Crippen molar-refractivity contribution >= 4 is 29.5 Å². The van der Waals surface area contributed by atoms with E-state index >= 15 is 0 Å². The van der Waals surface area contributed by atoms with Crippen LogP contribution in [0, 0.1) is 0 Å². The fourth-order valence-corrected chi connectivity index (χ4v) is 4.37. The molecule has 1 aromatic carbocycles. The highest BCUT2D eigenvalue weighted by Gasteiger charge is 2.16. The molecule has 2 nitrogen and oxygen atoms in total. The molecule has 1 saturated heterocycles. The summed E-state index contributed by atoms with van der Waals surface area (Å²) in [6.07, 6.45) is 0. The molecule has 1 aliphatic rings. The number of methoxy groups -OCH3 is 1. The number of benzene rings is 1. The molecule has 4 heteroatoms. The lowest BCUT2D eigenvalue weighted by atomic mass is 10.1. The SMILES string of the molecule is COC(=O)c1ccc(C2CSCCS2)cc1. The Bertz CT molecular complexity index is 356. The van der Waals surface area contributed by atoms with Crippen molar-refractivity contribution in [1.82, 2.24) is 0 Å². The van der Waals surface area contributed by atoms with Gasteiger partial charge in [0.25, 0.3) is 0 Å². The lowest BCUT2D eigenvalue weighted by Gasteiger charge is -2.21. The third kappa shape index (κ3) is 2.74. The molecule has 1 heterocycles. The van der Waals surface area contributed by atoms with Gasteiger partial charge < -0.3 is 4.74 Å². The molecule has 1 aliphatic heterocycles. The highest BCUT2D eigenvalue weighted by molar-refractivity contribution is 8.06. The molecule has 0 radical (unpaired) electrons. The first-order valence-electron chi connectivity index (χ1n) is 5.19. The number of carbonyl (C=O) groups is 1. The number of hydrogen-bond donors (Lipinski definition) is 0. The van der Waals surface area contributed by atoms with Crippen molar-refractivity contribution in [2.24, 2.45) is 0 Å². The van der Waals surface area contributed by atoms with E-state index in [9.17, 15) is 4.79 Å². The number of carbonyl (C=O) groups excluding carboxylic acids is 1. The Hall–Kier alpha value is -0.610. The summed E-state index contributed by atoms with van der Waals surface area (Å²) in [6.45, 7) is 0. The molecule has 0 aromatic heterocycles. The minimum atomic E-state index is -0.266. The Labute approximate surface area is 104 Å². The van der Waals surface area contributed by atoms with E-state index in [0.29, 0.717) is 10.8 Å². The third-order valence-electron chi connectivity index (χ3n) is 2.52. The predicted octanol–water partition coefficient (Wildman–Crippen LogP) is 2.99. The van der Waals surface area contributed by atoms with Crippen LogP contribution in [0.1, 0.15) is 21.2 Å². The van der Waals surface area contributed by atoms with Gasteiger partial charge in [-0.1, -0.05) is 12.1 Å². The molecular weight excluding hydrogens is 240 g/mol. The van der Waals surface area contributed by atoms with Crippen molar-refractivity contribution in [2.45, 2.75) is 5.25 Å². The Morgan fingerprint density at radius 2 is 2.06 bits per heavy atom. The molecule has 0 amide bonds. The molecule has 16 heavy (non-hydrogen) atoms. The molecule has 2 rings (SSSR count). The molecule has 1 atom stereocenters. The summed E-state index contributed by atoms with van der Waals surface area (Å²) >= 11 is 4.00. The van der Waals surface area contributed by atoms with Crippen molar-refractivity contribution in [3.63, 3.8) is 0 Å². The van der Waals surface area contributed by atoms with Gasteiger partial charge in [0, 0.05) is 22.5 Å². The van der Waals surface area contributed by atoms with Crippen LogP contribution in [-0.2, 0) is 4.74 Å². The first-order valence-corrected chi connectivity index (χ1v) is 7.39. The molecule has 0 spiro atoms. The average Bonchev–Trinajstić information content (AvgIpc) is 2.39. The lowest BCUT2D eigenvalue weighted by molar-refractivity contribution is 0.0600. The zero-order valence-corrected chi connectivity index (χ0v) is 10.8. The van der Waals surface area contributed by atoms with Crippen LogP contribution < -0.4 is 0 Å². The van der Waals surface area contributed by atoms with Crippen molar-refractivity contribution < 1.29 is 9.53 Å². The average molecular weight is 254 g/mol. The van der Waals surface area contributed by atoms with Crippen LogP contribution in [0.15, 0.2) is 24.3 Å². The van der Waals surface area contributed by atoms with Crippen molar-refractivity contribution in [1.29, 1.82) is 0 Å². The van der Waals surface area contributed by atoms with Gasteiger partial charge in [0.1, 0.15) is 0 Å². The predicted molar refractivity (Wildman–Crippen MR) is 70.3 cm³/mol. The summed E-state index contributed by atoms with van der Waals surface area (Å²) in [4.78, 5) is 11.3. The summed E-state index contributed by atoms with van der Waals surface area (Å²) in [6, 6.07) is 7.77. The molecule has 0 aliphatic carbocycles. The normalized spacial score (nSPS) is 20.4. The highest BCUT2D eigenvalue weighted by atomic mass is 32.2. The van der Waals surface area contributed by atoms with Crippen LogP contribution in [0.3, 0.4) is 0 Å². The Balaban J connectivity index is 2.09. The van der Waals surface area contributed by atoms with Crippen molar-refractivity contribution in [2.75, 3.05) is 24.4 Å². The van der Waals surface area contributed by atoms with E-state index in [1.165, 1.54) is 29.9 Å². The number of rotatable bonds is 2. The molecule has 0 N–H and O–H groups in total. The number of esters is 1. The summed E-state index contributed by atoms with van der Waals surface area (Å²) in [5.74, 6) is 3.37. The fourth-order valence-electron chi connectivity index (χ4n) is 1.63. The van der Waals surface area contributed by atoms with Gasteiger partial charge >= 0.3 is 5.97 Å². The Kier molecular flexibility index (Phi) is 4.18. The molecule has 86 valence electrons. The second-order valence-electron chi connectivity index (χ2n) is 3.55. The lowest BCUT2D eigenvalue weighted by Crippen LogP contribution is -2.07. The van der Waals surface area contributed by atoms with E-state index in [-0.39, 0.29) is 5.97 Å². The van der Waals surface area contributed by atoms with E-state index < -0.39 is 0 Å². The quantitative estimate of drug-likeness (QED) is 0.758. The second-order valence-corrected chi connectivity index (χ2v) is 6.01. The zero-order chi connectivity index (χ0) is 11.4. The van der Waals surface area contributed by atoms with Crippen molar-refractivity contribution in [3.05, 3.63) is 35.4 Å². The highest BCUT2D eigenvalue weighted by Crippen LogP contribution is 2.36. The standard InChI is InChI=1S/C12H14O2S2/c1-14-12(13)10-4-2-9(3-5-10)11-8-15-6-7-16-11/h2-5,11H,6-8H2,1H3. The molecule has 0 bridgehead atoms.